The summed E-state index contributed by atoms with van der Waals surface area (Å²) < 4.78 is 2.31. The molecule has 3 rings (SSSR count). The van der Waals surface area contributed by atoms with Crippen molar-refractivity contribution in [2.45, 2.75) is 32.7 Å². The number of aromatic nitrogens is 2. The van der Waals surface area contributed by atoms with Crippen molar-refractivity contribution in [1.82, 2.24) is 9.55 Å². The van der Waals surface area contributed by atoms with Crippen molar-refractivity contribution in [3.63, 3.8) is 0 Å². The molecule has 1 aromatic heterocycles. The Kier molecular flexibility index (Phi) is 4.38. The number of benzene rings is 2. The van der Waals surface area contributed by atoms with Gasteiger partial charge < -0.3 is 4.57 Å². The molecule has 0 aliphatic rings. The van der Waals surface area contributed by atoms with Gasteiger partial charge in [0, 0.05) is 17.8 Å². The second-order valence-electron chi connectivity index (χ2n) is 5.93. The fourth-order valence-corrected chi connectivity index (χ4v) is 2.89. The first-order chi connectivity index (χ1) is 10.8. The van der Waals surface area contributed by atoms with E-state index in [4.69, 9.17) is 0 Å². The largest absolute Gasteiger partial charge is 0.333 e. The summed E-state index contributed by atoms with van der Waals surface area (Å²) in [6, 6.07) is 21.1. The zero-order chi connectivity index (χ0) is 15.4. The molecule has 0 unspecified atom stereocenters. The van der Waals surface area contributed by atoms with E-state index in [0.717, 1.165) is 18.7 Å². The molecule has 112 valence electrons. The lowest BCUT2D eigenvalue weighted by atomic mass is 10.0. The minimum absolute atomic E-state index is 0.452. The normalized spacial score (nSPS) is 11.0. The van der Waals surface area contributed by atoms with E-state index in [1.165, 1.54) is 16.8 Å². The van der Waals surface area contributed by atoms with E-state index in [1.807, 2.05) is 12.4 Å². The first-order valence-electron chi connectivity index (χ1n) is 7.90. The first kappa shape index (κ1) is 14.6. The van der Waals surface area contributed by atoms with Gasteiger partial charge >= 0.3 is 0 Å². The maximum atomic E-state index is 4.68. The van der Waals surface area contributed by atoms with Crippen LogP contribution in [-0.2, 0) is 13.0 Å². The minimum atomic E-state index is 0.452. The molecule has 0 N–H and O–H groups in total. The van der Waals surface area contributed by atoms with Gasteiger partial charge in [-0.25, -0.2) is 4.98 Å². The summed E-state index contributed by atoms with van der Waals surface area (Å²) in [7, 11) is 0. The van der Waals surface area contributed by atoms with Gasteiger partial charge in [-0.3, -0.25) is 0 Å². The Hall–Kier alpha value is -2.35. The molecule has 0 spiro atoms. The summed E-state index contributed by atoms with van der Waals surface area (Å²) in [5.74, 6) is 0.452. The molecule has 0 aliphatic carbocycles. The van der Waals surface area contributed by atoms with Crippen LogP contribution in [0.2, 0.25) is 0 Å². The third kappa shape index (κ3) is 3.11. The van der Waals surface area contributed by atoms with E-state index in [0.29, 0.717) is 5.92 Å². The molecule has 0 saturated carbocycles. The molecule has 0 amide bonds. The third-order valence-electron chi connectivity index (χ3n) is 3.96. The van der Waals surface area contributed by atoms with Crippen molar-refractivity contribution in [2.75, 3.05) is 0 Å². The monoisotopic (exact) mass is 290 g/mol. The van der Waals surface area contributed by atoms with Crippen LogP contribution >= 0.6 is 0 Å². The van der Waals surface area contributed by atoms with Crippen molar-refractivity contribution in [1.29, 1.82) is 0 Å². The van der Waals surface area contributed by atoms with E-state index in [2.05, 4.69) is 78.0 Å². The lowest BCUT2D eigenvalue weighted by molar-refractivity contribution is 0.634. The van der Waals surface area contributed by atoms with Crippen LogP contribution in [0.15, 0.2) is 67.0 Å². The summed E-state index contributed by atoms with van der Waals surface area (Å²) >= 11 is 0. The van der Waals surface area contributed by atoms with Crippen LogP contribution in [0.5, 0.6) is 0 Å². The van der Waals surface area contributed by atoms with E-state index >= 15 is 0 Å². The summed E-state index contributed by atoms with van der Waals surface area (Å²) in [5.41, 5.74) is 5.00. The van der Waals surface area contributed by atoms with Gasteiger partial charge in [0.2, 0.25) is 0 Å². The summed E-state index contributed by atoms with van der Waals surface area (Å²) in [6.07, 6.45) is 3.02. The Morgan fingerprint density at radius 2 is 1.55 bits per heavy atom. The van der Waals surface area contributed by atoms with E-state index < -0.39 is 0 Å². The highest BCUT2D eigenvalue weighted by molar-refractivity contribution is 5.62. The Labute approximate surface area is 132 Å². The van der Waals surface area contributed by atoms with Gasteiger partial charge in [-0.2, -0.15) is 0 Å². The third-order valence-corrected chi connectivity index (χ3v) is 3.96. The maximum absolute atomic E-state index is 4.68. The molecule has 2 aromatic carbocycles. The number of hydrogen-bond donors (Lipinski definition) is 0. The minimum Gasteiger partial charge on any atom is -0.333 e. The Balaban J connectivity index is 1.87. The lowest BCUT2D eigenvalue weighted by Crippen LogP contribution is -2.06. The summed E-state index contributed by atoms with van der Waals surface area (Å²) in [4.78, 5) is 4.68. The van der Waals surface area contributed by atoms with Crippen LogP contribution in [0.25, 0.3) is 11.3 Å². The van der Waals surface area contributed by atoms with E-state index in [1.54, 1.807) is 0 Å². The smallest absolute Gasteiger partial charge is 0.0956 e. The van der Waals surface area contributed by atoms with Crippen LogP contribution in [0.4, 0.5) is 0 Å². The Morgan fingerprint density at radius 3 is 2.18 bits per heavy atom. The number of rotatable bonds is 5. The molecule has 2 nitrogen and oxygen atoms in total. The standard InChI is InChI=1S/C20H22N2/c1-16(2)20-19(18-11-7-4-8-12-18)21-15-22(20)14-13-17-9-5-3-6-10-17/h3-12,15-16H,13-14H2,1-2H3. The van der Waals surface area contributed by atoms with E-state index in [-0.39, 0.29) is 0 Å². The highest BCUT2D eigenvalue weighted by Crippen LogP contribution is 2.28. The SMILES string of the molecule is CC(C)c1c(-c2ccccc2)ncn1CCc1ccccc1. The van der Waals surface area contributed by atoms with Crippen LogP contribution in [0.1, 0.15) is 31.0 Å². The first-order valence-corrected chi connectivity index (χ1v) is 7.90. The highest BCUT2D eigenvalue weighted by atomic mass is 15.1. The van der Waals surface area contributed by atoms with Gasteiger partial charge in [0.15, 0.2) is 0 Å². The molecule has 22 heavy (non-hydrogen) atoms. The molecule has 0 fully saturated rings. The zero-order valence-corrected chi connectivity index (χ0v) is 13.2. The van der Waals surface area contributed by atoms with Gasteiger partial charge in [0.1, 0.15) is 0 Å². The molecular formula is C20H22N2. The number of nitrogens with zero attached hydrogens (tertiary/aromatic N) is 2. The van der Waals surface area contributed by atoms with Crippen molar-refractivity contribution in [2.24, 2.45) is 0 Å². The van der Waals surface area contributed by atoms with Gasteiger partial charge in [-0.15, -0.1) is 0 Å². The van der Waals surface area contributed by atoms with Crippen LogP contribution in [0, 0.1) is 0 Å². The fourth-order valence-electron chi connectivity index (χ4n) is 2.89. The van der Waals surface area contributed by atoms with Crippen LogP contribution < -0.4 is 0 Å². The summed E-state index contributed by atoms with van der Waals surface area (Å²) in [5, 5.41) is 0. The predicted molar refractivity (Wildman–Crippen MR) is 91.9 cm³/mol. The average Bonchev–Trinajstić information content (AvgIpc) is 2.99. The number of aryl methyl sites for hydroxylation is 2. The fraction of sp³-hybridized carbons (Fsp3) is 0.250. The molecule has 0 saturated heterocycles. The average molecular weight is 290 g/mol. The van der Waals surface area contributed by atoms with Crippen molar-refractivity contribution in [3.05, 3.63) is 78.2 Å². The van der Waals surface area contributed by atoms with Crippen molar-refractivity contribution in [3.8, 4) is 11.3 Å². The van der Waals surface area contributed by atoms with Gasteiger partial charge in [-0.05, 0) is 17.9 Å². The second-order valence-corrected chi connectivity index (χ2v) is 5.93. The maximum Gasteiger partial charge on any atom is 0.0956 e. The predicted octanol–water partition coefficient (Wildman–Crippen LogP) is 4.92. The molecule has 0 radical (unpaired) electrons. The molecule has 0 atom stereocenters. The molecule has 3 aromatic rings. The summed E-state index contributed by atoms with van der Waals surface area (Å²) in [6.45, 7) is 5.45. The Morgan fingerprint density at radius 1 is 0.909 bits per heavy atom. The topological polar surface area (TPSA) is 17.8 Å². The molecule has 2 heteroatoms. The van der Waals surface area contributed by atoms with Gasteiger partial charge in [0.05, 0.1) is 12.0 Å². The number of imidazole rings is 1. The van der Waals surface area contributed by atoms with Gasteiger partial charge in [0.25, 0.3) is 0 Å². The Bertz CT molecular complexity index is 712. The second kappa shape index (κ2) is 6.61. The lowest BCUT2D eigenvalue weighted by Gasteiger charge is -2.13. The van der Waals surface area contributed by atoms with Crippen molar-refractivity contribution < 1.29 is 0 Å². The quantitative estimate of drug-likeness (QED) is 0.652. The zero-order valence-electron chi connectivity index (χ0n) is 13.2. The number of hydrogen-bond acceptors (Lipinski definition) is 1. The van der Waals surface area contributed by atoms with Gasteiger partial charge in [-0.1, -0.05) is 74.5 Å². The van der Waals surface area contributed by atoms with Crippen LogP contribution in [0.3, 0.4) is 0 Å². The molecular weight excluding hydrogens is 268 g/mol. The van der Waals surface area contributed by atoms with E-state index in [9.17, 15) is 0 Å². The van der Waals surface area contributed by atoms with Crippen molar-refractivity contribution >= 4 is 0 Å². The molecule has 0 bridgehead atoms. The van der Waals surface area contributed by atoms with Crippen LogP contribution in [-0.4, -0.2) is 9.55 Å². The molecule has 0 aliphatic heterocycles. The molecule has 1 heterocycles. The highest BCUT2D eigenvalue weighted by Gasteiger charge is 2.15.